The summed E-state index contributed by atoms with van der Waals surface area (Å²) in [6.45, 7) is 6.45. The monoisotopic (exact) mass is 282 g/mol. The molecule has 4 rings (SSSR count). The molecule has 110 valence electrons. The van der Waals surface area contributed by atoms with Gasteiger partial charge in [0, 0.05) is 49.7 Å². The van der Waals surface area contributed by atoms with Gasteiger partial charge in [-0.2, -0.15) is 0 Å². The molecule has 0 atom stereocenters. The van der Waals surface area contributed by atoms with Crippen LogP contribution in [0.25, 0.3) is 5.69 Å². The van der Waals surface area contributed by atoms with Crippen LogP contribution in [0, 0.1) is 6.92 Å². The molecule has 0 spiro atoms. The molecular formula is C17H22N4. The van der Waals surface area contributed by atoms with Crippen molar-refractivity contribution in [1.29, 1.82) is 0 Å². The van der Waals surface area contributed by atoms with E-state index in [9.17, 15) is 0 Å². The van der Waals surface area contributed by atoms with Gasteiger partial charge >= 0.3 is 0 Å². The summed E-state index contributed by atoms with van der Waals surface area (Å²) in [6, 6.07) is 9.00. The highest BCUT2D eigenvalue weighted by Crippen LogP contribution is 2.25. The van der Waals surface area contributed by atoms with Gasteiger partial charge in [-0.1, -0.05) is 0 Å². The second-order valence-corrected chi connectivity index (χ2v) is 6.03. The summed E-state index contributed by atoms with van der Waals surface area (Å²) in [4.78, 5) is 7.19. The van der Waals surface area contributed by atoms with Crippen molar-refractivity contribution >= 4 is 5.69 Å². The molecule has 4 heteroatoms. The number of rotatable bonds is 2. The van der Waals surface area contributed by atoms with E-state index in [-0.39, 0.29) is 0 Å². The molecule has 0 radical (unpaired) electrons. The van der Waals surface area contributed by atoms with Gasteiger partial charge in [-0.25, -0.2) is 4.98 Å². The molecule has 21 heavy (non-hydrogen) atoms. The average Bonchev–Trinajstić information content (AvgIpc) is 3.14. The lowest BCUT2D eigenvalue weighted by Crippen LogP contribution is -2.24. The van der Waals surface area contributed by atoms with Crippen LogP contribution < -0.4 is 10.2 Å². The minimum absolute atomic E-state index is 0.898. The summed E-state index contributed by atoms with van der Waals surface area (Å²) in [6.07, 6.45) is 3.70. The zero-order chi connectivity index (χ0) is 14.2. The van der Waals surface area contributed by atoms with Crippen LogP contribution in [0.2, 0.25) is 0 Å². The fourth-order valence-corrected chi connectivity index (χ4v) is 3.58. The molecule has 1 aromatic carbocycles. The van der Waals surface area contributed by atoms with Crippen molar-refractivity contribution in [3.05, 3.63) is 41.5 Å². The van der Waals surface area contributed by atoms with Crippen molar-refractivity contribution in [3.63, 3.8) is 0 Å². The molecule has 3 heterocycles. The van der Waals surface area contributed by atoms with Gasteiger partial charge in [0.1, 0.15) is 5.82 Å². The largest absolute Gasteiger partial charge is 0.372 e. The quantitative estimate of drug-likeness (QED) is 0.918. The van der Waals surface area contributed by atoms with Crippen molar-refractivity contribution in [1.82, 2.24) is 14.9 Å². The maximum Gasteiger partial charge on any atom is 0.110 e. The summed E-state index contributed by atoms with van der Waals surface area (Å²) in [5.41, 5.74) is 5.18. The molecule has 2 aliphatic heterocycles. The van der Waals surface area contributed by atoms with E-state index in [0.29, 0.717) is 0 Å². The Hall–Kier alpha value is -1.81. The first-order valence-electron chi connectivity index (χ1n) is 7.96. The van der Waals surface area contributed by atoms with Crippen LogP contribution >= 0.6 is 0 Å². The fourth-order valence-electron chi connectivity index (χ4n) is 3.58. The summed E-state index contributed by atoms with van der Waals surface area (Å²) >= 11 is 0. The predicted molar refractivity (Wildman–Crippen MR) is 85.2 cm³/mol. The first-order chi connectivity index (χ1) is 10.3. The standard InChI is InChI=1S/C17H22N4/c1-13-19-16-12-18-9-8-17(16)21(13)15-6-4-14(5-7-15)20-10-2-3-11-20/h4-7,18H,2-3,8-12H2,1H3. The molecule has 1 saturated heterocycles. The Bertz CT molecular complexity index is 636. The van der Waals surface area contributed by atoms with Crippen molar-refractivity contribution in [2.75, 3.05) is 24.5 Å². The minimum Gasteiger partial charge on any atom is -0.372 e. The molecule has 1 N–H and O–H groups in total. The van der Waals surface area contributed by atoms with E-state index in [1.807, 2.05) is 0 Å². The number of benzene rings is 1. The van der Waals surface area contributed by atoms with Gasteiger partial charge in [-0.05, 0) is 44.0 Å². The lowest BCUT2D eigenvalue weighted by Gasteiger charge is -2.19. The Morgan fingerprint density at radius 2 is 1.76 bits per heavy atom. The van der Waals surface area contributed by atoms with Gasteiger partial charge < -0.3 is 14.8 Å². The van der Waals surface area contributed by atoms with Gasteiger partial charge in [0.2, 0.25) is 0 Å². The maximum absolute atomic E-state index is 4.72. The third-order valence-corrected chi connectivity index (χ3v) is 4.63. The van der Waals surface area contributed by atoms with Gasteiger partial charge in [0.05, 0.1) is 5.69 Å². The van der Waals surface area contributed by atoms with Crippen LogP contribution in [0.15, 0.2) is 24.3 Å². The Morgan fingerprint density at radius 1 is 1.05 bits per heavy atom. The first kappa shape index (κ1) is 12.9. The van der Waals surface area contributed by atoms with Crippen LogP contribution in [0.4, 0.5) is 5.69 Å². The smallest absolute Gasteiger partial charge is 0.110 e. The lowest BCUT2D eigenvalue weighted by molar-refractivity contribution is 0.620. The number of nitrogens with zero attached hydrogens (tertiary/aromatic N) is 3. The van der Waals surface area contributed by atoms with Crippen LogP contribution in [0.5, 0.6) is 0 Å². The van der Waals surface area contributed by atoms with Gasteiger partial charge in [-0.15, -0.1) is 0 Å². The number of hydrogen-bond donors (Lipinski definition) is 1. The predicted octanol–water partition coefficient (Wildman–Crippen LogP) is 2.43. The molecule has 0 saturated carbocycles. The van der Waals surface area contributed by atoms with Crippen molar-refractivity contribution in [2.45, 2.75) is 32.7 Å². The Balaban J connectivity index is 1.68. The van der Waals surface area contributed by atoms with E-state index < -0.39 is 0 Å². The molecule has 2 aliphatic rings. The third-order valence-electron chi connectivity index (χ3n) is 4.63. The number of anilines is 1. The van der Waals surface area contributed by atoms with Crippen molar-refractivity contribution in [2.24, 2.45) is 0 Å². The summed E-state index contributed by atoms with van der Waals surface area (Å²) in [5, 5.41) is 3.40. The number of aromatic nitrogens is 2. The van der Waals surface area contributed by atoms with E-state index in [2.05, 4.69) is 46.0 Å². The van der Waals surface area contributed by atoms with E-state index >= 15 is 0 Å². The normalized spacial score (nSPS) is 18.0. The van der Waals surface area contributed by atoms with E-state index in [0.717, 1.165) is 25.3 Å². The average molecular weight is 282 g/mol. The second-order valence-electron chi connectivity index (χ2n) is 6.03. The number of imidazole rings is 1. The highest BCUT2D eigenvalue weighted by molar-refractivity contribution is 5.52. The molecule has 0 bridgehead atoms. The zero-order valence-corrected chi connectivity index (χ0v) is 12.6. The highest BCUT2D eigenvalue weighted by Gasteiger charge is 2.19. The van der Waals surface area contributed by atoms with Crippen LogP contribution in [0.3, 0.4) is 0 Å². The fraction of sp³-hybridized carbons (Fsp3) is 0.471. The van der Waals surface area contributed by atoms with Gasteiger partial charge in [0.25, 0.3) is 0 Å². The number of nitrogens with one attached hydrogen (secondary N) is 1. The molecule has 4 nitrogen and oxygen atoms in total. The number of fused-ring (bicyclic) bond motifs is 1. The molecule has 0 amide bonds. The molecule has 1 aromatic heterocycles. The Kier molecular flexibility index (Phi) is 3.19. The molecule has 0 unspecified atom stereocenters. The first-order valence-corrected chi connectivity index (χ1v) is 7.96. The van der Waals surface area contributed by atoms with Gasteiger partial charge in [-0.3, -0.25) is 0 Å². The summed E-state index contributed by atoms with van der Waals surface area (Å²) in [7, 11) is 0. The van der Waals surface area contributed by atoms with Crippen LogP contribution in [-0.2, 0) is 13.0 Å². The Labute approximate surface area is 125 Å². The number of aryl methyl sites for hydroxylation is 1. The van der Waals surface area contributed by atoms with Crippen molar-refractivity contribution in [3.8, 4) is 5.69 Å². The summed E-state index contributed by atoms with van der Waals surface area (Å²) < 4.78 is 2.32. The number of hydrogen-bond acceptors (Lipinski definition) is 3. The van der Waals surface area contributed by atoms with E-state index in [1.165, 1.54) is 48.7 Å². The maximum atomic E-state index is 4.72. The molecule has 1 fully saturated rings. The van der Waals surface area contributed by atoms with Gasteiger partial charge in [0.15, 0.2) is 0 Å². The summed E-state index contributed by atoms with van der Waals surface area (Å²) in [5.74, 6) is 1.10. The van der Waals surface area contributed by atoms with E-state index in [4.69, 9.17) is 4.98 Å². The zero-order valence-electron chi connectivity index (χ0n) is 12.6. The minimum atomic E-state index is 0.898. The van der Waals surface area contributed by atoms with Crippen LogP contribution in [-0.4, -0.2) is 29.2 Å². The topological polar surface area (TPSA) is 33.1 Å². The lowest BCUT2D eigenvalue weighted by atomic mass is 10.1. The van der Waals surface area contributed by atoms with E-state index in [1.54, 1.807) is 0 Å². The molecule has 0 aliphatic carbocycles. The highest BCUT2D eigenvalue weighted by atomic mass is 15.1. The molecule has 2 aromatic rings. The molecular weight excluding hydrogens is 260 g/mol. The van der Waals surface area contributed by atoms with Crippen molar-refractivity contribution < 1.29 is 0 Å². The third kappa shape index (κ3) is 2.23. The Morgan fingerprint density at radius 3 is 2.52 bits per heavy atom. The second kappa shape index (κ2) is 5.19. The van der Waals surface area contributed by atoms with Crippen LogP contribution in [0.1, 0.15) is 30.1 Å². The SMILES string of the molecule is Cc1nc2c(n1-c1ccc(N3CCCC3)cc1)CCNC2.